The van der Waals surface area contributed by atoms with Crippen LogP contribution >= 0.6 is 0 Å². The van der Waals surface area contributed by atoms with Crippen LogP contribution in [-0.4, -0.2) is 340 Å². The van der Waals surface area contributed by atoms with Gasteiger partial charge in [-0.25, -0.2) is 0 Å². The van der Waals surface area contributed by atoms with Crippen LogP contribution in [0.15, 0.2) is 0 Å². The standard InChI is InChI=1S/C40H66O33/c41-2-9(48)1-16(49)67-34-27(60)40-66-15(8-47)33(34)73-39-26(59)21(54)31(13(6-45)65-39)71-37-24(57)19(52)29(11(4-43)63-37)69-35-22(55)17(50)28(10(3-42)61-35)68-36-23(56)18(51)30(12(5-44)62-36)70-38-25(58)20(53)32(72-40)14(7-46)64-38/h9-15,17-48,50-60H,1-8H2/t9?,10-,11-,12-,13-,14-,15-,17-,18-,19-,20-,21-,22-,23-,24-,25-,26-,27-,28-,29-,30-,31-,32-,33+,34-,35-,36-,37-,38-,39-,40-/m1/s1. The fraction of sp³-hybridized carbons (Fsp3) is 0.975. The zero-order valence-electron chi connectivity index (χ0n) is 38.3. The Morgan fingerprint density at radius 1 is 0.329 bits per heavy atom. The van der Waals surface area contributed by atoms with Gasteiger partial charge in [-0.2, -0.15) is 0 Å². The monoisotopic (exact) mass is 1070 g/mol. The van der Waals surface area contributed by atoms with Gasteiger partial charge in [-0.1, -0.05) is 0 Å². The van der Waals surface area contributed by atoms with Crippen LogP contribution in [0, 0.1) is 0 Å². The summed E-state index contributed by atoms with van der Waals surface area (Å²) >= 11 is 0. The van der Waals surface area contributed by atoms with Crippen LogP contribution in [0.1, 0.15) is 6.42 Å². The Kier molecular flexibility index (Phi) is 20.5. The molecule has 22 aliphatic heterocycles. The lowest BCUT2D eigenvalue weighted by Crippen LogP contribution is -2.69. The number of esters is 1. The van der Waals surface area contributed by atoms with Gasteiger partial charge in [-0.15, -0.1) is 0 Å². The largest absolute Gasteiger partial charge is 0.456 e. The Bertz CT molecular complexity index is 1710. The number of aliphatic hydroxyl groups is 19. The number of carbonyl (C=O) groups is 1. The smallest absolute Gasteiger partial charge is 0.308 e. The minimum Gasteiger partial charge on any atom is -0.456 e. The Labute approximate surface area is 412 Å². The fourth-order valence-corrected chi connectivity index (χ4v) is 9.50. The van der Waals surface area contributed by atoms with Crippen LogP contribution in [0.25, 0.3) is 0 Å². The zero-order valence-corrected chi connectivity index (χ0v) is 38.3. The van der Waals surface area contributed by atoms with Crippen molar-refractivity contribution < 1.29 is 163 Å². The number of hydrogen-bond donors (Lipinski definition) is 19. The maximum Gasteiger partial charge on any atom is 0.308 e. The first kappa shape index (κ1) is 58.9. The van der Waals surface area contributed by atoms with Crippen LogP contribution in [0.2, 0.25) is 0 Å². The molecule has 19 N–H and O–H groups in total. The molecule has 22 fully saturated rings. The van der Waals surface area contributed by atoms with Crippen LogP contribution < -0.4 is 0 Å². The van der Waals surface area contributed by atoms with E-state index in [2.05, 4.69) is 0 Å². The molecule has 0 radical (unpaired) electrons. The van der Waals surface area contributed by atoms with E-state index in [1.807, 2.05) is 0 Å². The lowest BCUT2D eigenvalue weighted by atomic mass is 9.94. The summed E-state index contributed by atoms with van der Waals surface area (Å²) in [6, 6.07) is 0. The molecule has 73 heavy (non-hydrogen) atoms. The topological polar surface area (TPSA) is 521 Å². The summed E-state index contributed by atoms with van der Waals surface area (Å²) in [6.45, 7) is -7.30. The quantitative estimate of drug-likeness (QED) is 0.0903. The minimum atomic E-state index is -2.30. The number of rotatable bonds is 10. The van der Waals surface area contributed by atoms with Gasteiger partial charge in [0.15, 0.2) is 43.8 Å². The van der Waals surface area contributed by atoms with Crippen molar-refractivity contribution in [3.05, 3.63) is 0 Å². The maximum absolute atomic E-state index is 13.1. The van der Waals surface area contributed by atoms with E-state index in [9.17, 15) is 102 Å². The molecule has 22 heterocycles. The molecule has 1 unspecified atom stereocenters. The zero-order chi connectivity index (χ0) is 53.3. The molecule has 0 aromatic heterocycles. The van der Waals surface area contributed by atoms with Gasteiger partial charge in [0.1, 0.15) is 140 Å². The predicted molar refractivity (Wildman–Crippen MR) is 217 cm³/mol. The molecule has 22 saturated heterocycles. The molecular formula is C40H66O33. The molecule has 22 aliphatic rings. The summed E-state index contributed by atoms with van der Waals surface area (Å²) in [5.74, 6) is -1.33. The van der Waals surface area contributed by atoms with Gasteiger partial charge in [0, 0.05) is 0 Å². The third-order valence-corrected chi connectivity index (χ3v) is 13.5. The van der Waals surface area contributed by atoms with Crippen molar-refractivity contribution in [1.29, 1.82) is 0 Å². The fourth-order valence-electron chi connectivity index (χ4n) is 9.50. The van der Waals surface area contributed by atoms with Gasteiger partial charge in [0.05, 0.1) is 58.8 Å². The average molecular weight is 1070 g/mol. The van der Waals surface area contributed by atoms with E-state index in [0.29, 0.717) is 0 Å². The van der Waals surface area contributed by atoms with Crippen molar-refractivity contribution in [3.8, 4) is 0 Å². The second-order valence-corrected chi connectivity index (χ2v) is 18.3. The molecule has 424 valence electrons. The van der Waals surface area contributed by atoms with Crippen molar-refractivity contribution in [2.45, 2.75) is 197 Å². The lowest BCUT2D eigenvalue weighted by molar-refractivity contribution is -0.404. The molecule has 33 nitrogen and oxygen atoms in total. The van der Waals surface area contributed by atoms with E-state index in [4.69, 9.17) is 61.6 Å². The summed E-state index contributed by atoms with van der Waals surface area (Å²) < 4.78 is 74.0. The molecule has 33 heteroatoms. The van der Waals surface area contributed by atoms with E-state index in [1.54, 1.807) is 0 Å². The van der Waals surface area contributed by atoms with Crippen molar-refractivity contribution in [3.63, 3.8) is 0 Å². The Morgan fingerprint density at radius 3 is 0.781 bits per heavy atom. The lowest BCUT2D eigenvalue weighted by Gasteiger charge is -2.51. The highest BCUT2D eigenvalue weighted by molar-refractivity contribution is 5.70. The third kappa shape index (κ3) is 12.1. The normalized spacial score (nSPS) is 51.5. The third-order valence-electron chi connectivity index (χ3n) is 13.5. The van der Waals surface area contributed by atoms with E-state index in [1.165, 1.54) is 0 Å². The molecular weight excluding hydrogens is 1010 g/mol. The van der Waals surface area contributed by atoms with E-state index >= 15 is 0 Å². The Hall–Kier alpha value is -1.77. The first-order valence-electron chi connectivity index (χ1n) is 23.2. The molecule has 0 amide bonds. The summed E-state index contributed by atoms with van der Waals surface area (Å²) in [7, 11) is 0. The Balaban J connectivity index is 1.23. The second-order valence-electron chi connectivity index (χ2n) is 18.3. The summed E-state index contributed by atoms with van der Waals surface area (Å²) in [4.78, 5) is 13.1. The molecule has 22 rings (SSSR count). The molecule has 0 aromatic rings. The Morgan fingerprint density at radius 2 is 0.548 bits per heavy atom. The average Bonchev–Trinajstić information content (AvgIpc) is 3.38. The van der Waals surface area contributed by atoms with Gasteiger partial charge in [0.2, 0.25) is 0 Å². The minimum absolute atomic E-state index is 0.911. The molecule has 12 bridgehead atoms. The highest BCUT2D eigenvalue weighted by atomic mass is 16.8. The van der Waals surface area contributed by atoms with Gasteiger partial charge in [0.25, 0.3) is 0 Å². The number of aliphatic hydroxyl groups excluding tert-OH is 19. The van der Waals surface area contributed by atoms with Crippen LogP contribution in [0.5, 0.6) is 0 Å². The molecule has 31 atom stereocenters. The molecule has 0 spiro atoms. The molecule has 0 aliphatic carbocycles. The van der Waals surface area contributed by atoms with Gasteiger partial charge in [-0.3, -0.25) is 4.79 Å². The van der Waals surface area contributed by atoms with Crippen LogP contribution in [0.3, 0.4) is 0 Å². The van der Waals surface area contributed by atoms with Gasteiger partial charge < -0.3 is 159 Å². The highest BCUT2D eigenvalue weighted by Gasteiger charge is 2.59. The number of ether oxygens (including phenoxy) is 13. The van der Waals surface area contributed by atoms with E-state index < -0.39 is 249 Å². The van der Waals surface area contributed by atoms with Crippen molar-refractivity contribution in [2.75, 3.05) is 46.2 Å². The molecule has 0 saturated carbocycles. The number of carbonyl (C=O) groups excluding carboxylic acids is 1. The van der Waals surface area contributed by atoms with Gasteiger partial charge >= 0.3 is 5.97 Å². The number of hydrogen-bond acceptors (Lipinski definition) is 33. The first-order valence-corrected chi connectivity index (χ1v) is 23.2. The van der Waals surface area contributed by atoms with Crippen LogP contribution in [0.4, 0.5) is 0 Å². The van der Waals surface area contributed by atoms with Crippen molar-refractivity contribution >= 4 is 5.97 Å². The van der Waals surface area contributed by atoms with Crippen LogP contribution in [-0.2, 0) is 66.4 Å². The predicted octanol–water partition coefficient (Wildman–Crippen LogP) is -13.8. The summed E-state index contributed by atoms with van der Waals surface area (Å²) in [6.07, 6.45) is -63.4. The van der Waals surface area contributed by atoms with E-state index in [0.717, 1.165) is 0 Å². The second kappa shape index (κ2) is 25.4. The highest BCUT2D eigenvalue weighted by Crippen LogP contribution is 2.38. The van der Waals surface area contributed by atoms with E-state index in [-0.39, 0.29) is 0 Å². The first-order chi connectivity index (χ1) is 34.7. The summed E-state index contributed by atoms with van der Waals surface area (Å²) in [5, 5.41) is 206. The molecule has 0 aromatic carbocycles. The van der Waals surface area contributed by atoms with Crippen molar-refractivity contribution in [2.24, 2.45) is 0 Å². The summed E-state index contributed by atoms with van der Waals surface area (Å²) in [5.41, 5.74) is 0. The van der Waals surface area contributed by atoms with Crippen molar-refractivity contribution in [1.82, 2.24) is 0 Å². The van der Waals surface area contributed by atoms with Gasteiger partial charge in [-0.05, 0) is 0 Å². The maximum atomic E-state index is 13.1. The SMILES string of the molecule is O=C(CC(O)CO)O[C@@H]1[C@@H](O)[C@H]2O[C@H]3[C@H](O)[C@@H](O)[C@@H](O[C@H]4[C@H](O)[C@@H](O)[C@@H](O[C@H]5[C@H](O)[C@@H](O)[C@@H](O[C@H]6[C@H](O)[C@@H](O)[C@@H](O[C@H]7[C@H](O)[C@@H](O)[C@@H](O[C@H]1[C@@H](CO)O2)O[C@@H]7CO)O[C@@H]6CO)O[C@@H]5CO)O[C@@H]4CO)O[C@@H]3CO.